The van der Waals surface area contributed by atoms with Crippen molar-refractivity contribution in [2.24, 2.45) is 5.92 Å². The van der Waals surface area contributed by atoms with Gasteiger partial charge in [-0.3, -0.25) is 9.59 Å². The minimum Gasteiger partial charge on any atom is -0.493 e. The number of hydrogen-bond acceptors (Lipinski definition) is 8. The van der Waals surface area contributed by atoms with Crippen molar-refractivity contribution in [1.29, 1.82) is 0 Å². The van der Waals surface area contributed by atoms with Crippen LogP contribution in [0.2, 0.25) is 0 Å². The molecule has 3 heterocycles. The molecule has 3 aromatic carbocycles. The van der Waals surface area contributed by atoms with Gasteiger partial charge in [0.1, 0.15) is 11.5 Å². The van der Waals surface area contributed by atoms with E-state index >= 15 is 0 Å². The van der Waals surface area contributed by atoms with Gasteiger partial charge in [0.25, 0.3) is 0 Å². The molecule has 9 nitrogen and oxygen atoms in total. The molecule has 2 aromatic heterocycles. The maximum atomic E-state index is 13.7. The molecule has 0 radical (unpaired) electrons. The van der Waals surface area contributed by atoms with Crippen molar-refractivity contribution in [2.45, 2.75) is 32.7 Å². The number of nitrogens with zero attached hydrogens (tertiary/aromatic N) is 3. The van der Waals surface area contributed by atoms with E-state index in [1.54, 1.807) is 26.6 Å². The van der Waals surface area contributed by atoms with Crippen molar-refractivity contribution in [3.63, 3.8) is 0 Å². The molecular formula is C38H38N4O5. The Kier molecular flexibility index (Phi) is 9.45. The third-order valence-corrected chi connectivity index (χ3v) is 8.62. The molecule has 1 fully saturated rings. The van der Waals surface area contributed by atoms with Crippen LogP contribution in [-0.2, 0) is 17.7 Å². The van der Waals surface area contributed by atoms with Crippen molar-refractivity contribution < 1.29 is 19.0 Å². The van der Waals surface area contributed by atoms with Gasteiger partial charge >= 0.3 is 0 Å². The minimum absolute atomic E-state index is 0.0803. The molecule has 0 bridgehead atoms. The molecule has 240 valence electrons. The van der Waals surface area contributed by atoms with E-state index < -0.39 is 0 Å². The van der Waals surface area contributed by atoms with E-state index in [0.29, 0.717) is 34.4 Å². The summed E-state index contributed by atoms with van der Waals surface area (Å²) in [6.45, 7) is 4.20. The molecule has 2 N–H and O–H groups in total. The zero-order chi connectivity index (χ0) is 32.9. The number of Topliss-reactive ketones (excluding diaryl/α,β-unsaturated/α-hetero) is 1. The van der Waals surface area contributed by atoms with Gasteiger partial charge in [-0.1, -0.05) is 54.1 Å². The van der Waals surface area contributed by atoms with Gasteiger partial charge < -0.3 is 24.5 Å². The first-order chi connectivity index (χ1) is 22.8. The summed E-state index contributed by atoms with van der Waals surface area (Å²) in [5.41, 5.74) is 12.1. The van der Waals surface area contributed by atoms with Crippen LogP contribution in [0.15, 0.2) is 90.1 Å². The van der Waals surface area contributed by atoms with Crippen molar-refractivity contribution in [2.75, 3.05) is 33.2 Å². The van der Waals surface area contributed by atoms with Crippen LogP contribution in [0.5, 0.6) is 11.5 Å². The molecule has 6 rings (SSSR count). The fourth-order valence-electron chi connectivity index (χ4n) is 5.91. The van der Waals surface area contributed by atoms with Crippen molar-refractivity contribution in [3.8, 4) is 45.1 Å². The molecule has 5 aromatic rings. The summed E-state index contributed by atoms with van der Waals surface area (Å²) in [5.74, 6) is 1.68. The standard InChI is InChI=1S/C38H38N4O5/c1-24-4-8-27(9-5-24)30-22-42(21-26-14-16-47-17-15-26)23-31(37(30)44)33(43)18-25-6-10-28(11-7-25)36-38(39)40-20-32(41-36)29-12-13-34(45-2)35(19-29)46-3/h4-13,19-20,22-23,26H,14-18,21H2,1-3H3,(H2,39,40). The van der Waals surface area contributed by atoms with Gasteiger partial charge in [-0.15, -0.1) is 0 Å². The Hall–Kier alpha value is -5.28. The zero-order valence-corrected chi connectivity index (χ0v) is 26.9. The van der Waals surface area contributed by atoms with Crippen LogP contribution in [0.25, 0.3) is 33.6 Å². The Morgan fingerprint density at radius 1 is 0.915 bits per heavy atom. The van der Waals surface area contributed by atoms with Crippen molar-refractivity contribution in [3.05, 3.63) is 112 Å². The fraction of sp³-hybridized carbons (Fsp3) is 0.263. The highest BCUT2D eigenvalue weighted by atomic mass is 16.5. The summed E-state index contributed by atoms with van der Waals surface area (Å²) in [6, 6.07) is 20.8. The number of aryl methyl sites for hydroxylation is 1. The van der Waals surface area contributed by atoms with E-state index in [-0.39, 0.29) is 29.0 Å². The molecule has 0 unspecified atom stereocenters. The summed E-state index contributed by atoms with van der Waals surface area (Å²) in [7, 11) is 3.17. The third kappa shape index (κ3) is 7.10. The van der Waals surface area contributed by atoms with Crippen LogP contribution >= 0.6 is 0 Å². The van der Waals surface area contributed by atoms with E-state index in [1.807, 2.05) is 84.4 Å². The van der Waals surface area contributed by atoms with Gasteiger partial charge in [0.2, 0.25) is 0 Å². The summed E-state index contributed by atoms with van der Waals surface area (Å²) in [4.78, 5) is 36.6. The summed E-state index contributed by atoms with van der Waals surface area (Å²) in [5, 5.41) is 0. The van der Waals surface area contributed by atoms with E-state index in [4.69, 9.17) is 24.9 Å². The molecule has 0 aliphatic carbocycles. The van der Waals surface area contributed by atoms with Gasteiger partial charge in [0, 0.05) is 55.3 Å². The third-order valence-electron chi connectivity index (χ3n) is 8.62. The quantitative estimate of drug-likeness (QED) is 0.176. The van der Waals surface area contributed by atoms with Gasteiger partial charge in [-0.25, -0.2) is 9.97 Å². The highest BCUT2D eigenvalue weighted by molar-refractivity contribution is 5.98. The lowest BCUT2D eigenvalue weighted by atomic mass is 9.97. The largest absolute Gasteiger partial charge is 0.493 e. The molecule has 9 heteroatoms. The molecule has 47 heavy (non-hydrogen) atoms. The van der Waals surface area contributed by atoms with Gasteiger partial charge in [0.05, 0.1) is 31.7 Å². The van der Waals surface area contributed by atoms with Gasteiger partial charge in [-0.2, -0.15) is 0 Å². The number of benzene rings is 3. The van der Waals surface area contributed by atoms with Gasteiger partial charge in [-0.05, 0) is 55.0 Å². The number of carbonyl (C=O) groups excluding carboxylic acids is 1. The fourth-order valence-corrected chi connectivity index (χ4v) is 5.91. The lowest BCUT2D eigenvalue weighted by molar-refractivity contribution is 0.0612. The smallest absolute Gasteiger partial charge is 0.200 e. The Balaban J connectivity index is 1.26. The first kappa shape index (κ1) is 31.7. The normalized spacial score (nSPS) is 13.3. The topological polar surface area (TPSA) is 119 Å². The number of pyridine rings is 1. The van der Waals surface area contributed by atoms with E-state index in [2.05, 4.69) is 4.98 Å². The number of ketones is 1. The molecule has 0 saturated carbocycles. The Morgan fingerprint density at radius 2 is 1.60 bits per heavy atom. The number of ether oxygens (including phenoxy) is 3. The minimum atomic E-state index is -0.256. The number of nitrogens with two attached hydrogens (primary N) is 1. The number of carbonyl (C=O) groups is 1. The molecular weight excluding hydrogens is 592 g/mol. The monoisotopic (exact) mass is 630 g/mol. The SMILES string of the molecule is COc1ccc(-c2cnc(N)c(-c3ccc(CC(=O)c4cn(CC5CCOCC5)cc(-c5ccc(C)cc5)c4=O)cc3)n2)cc1OC. The summed E-state index contributed by atoms with van der Waals surface area (Å²) in [6.07, 6.45) is 7.21. The molecule has 0 amide bonds. The average Bonchev–Trinajstić information content (AvgIpc) is 3.10. The zero-order valence-electron chi connectivity index (χ0n) is 26.9. The lowest BCUT2D eigenvalue weighted by Gasteiger charge is -2.23. The summed E-state index contributed by atoms with van der Waals surface area (Å²) >= 11 is 0. The first-order valence-electron chi connectivity index (χ1n) is 15.7. The summed E-state index contributed by atoms with van der Waals surface area (Å²) < 4.78 is 18.3. The Bertz CT molecular complexity index is 1950. The Labute approximate surface area is 274 Å². The van der Waals surface area contributed by atoms with Crippen LogP contribution in [0.4, 0.5) is 5.82 Å². The highest BCUT2D eigenvalue weighted by Crippen LogP contribution is 2.33. The number of rotatable bonds is 10. The maximum absolute atomic E-state index is 13.7. The van der Waals surface area contributed by atoms with Crippen molar-refractivity contribution >= 4 is 11.6 Å². The predicted octanol–water partition coefficient (Wildman–Crippen LogP) is 6.40. The second-order valence-electron chi connectivity index (χ2n) is 11.9. The second kappa shape index (κ2) is 14.0. The van der Waals surface area contributed by atoms with Crippen LogP contribution < -0.4 is 20.6 Å². The molecule has 1 aliphatic rings. The second-order valence-corrected chi connectivity index (χ2v) is 11.9. The number of methoxy groups -OCH3 is 2. The van der Waals surface area contributed by atoms with E-state index in [1.165, 1.54) is 0 Å². The van der Waals surface area contributed by atoms with Gasteiger partial charge in [0.15, 0.2) is 22.7 Å². The predicted molar refractivity (Wildman–Crippen MR) is 183 cm³/mol. The first-order valence-corrected chi connectivity index (χ1v) is 15.7. The van der Waals surface area contributed by atoms with Crippen LogP contribution in [-0.4, -0.2) is 47.8 Å². The molecule has 1 saturated heterocycles. The molecule has 0 atom stereocenters. The van der Waals surface area contributed by atoms with Crippen LogP contribution in [0.3, 0.4) is 0 Å². The molecule has 1 aliphatic heterocycles. The number of nitrogen functional groups attached to an aromatic ring is 1. The highest BCUT2D eigenvalue weighted by Gasteiger charge is 2.20. The maximum Gasteiger partial charge on any atom is 0.200 e. The van der Waals surface area contributed by atoms with Crippen LogP contribution in [0, 0.1) is 12.8 Å². The lowest BCUT2D eigenvalue weighted by Crippen LogP contribution is -2.25. The van der Waals surface area contributed by atoms with E-state index in [0.717, 1.165) is 60.4 Å². The van der Waals surface area contributed by atoms with Crippen LogP contribution in [0.1, 0.15) is 34.3 Å². The number of anilines is 1. The number of aromatic nitrogens is 3. The number of hydrogen-bond donors (Lipinski definition) is 1. The molecule has 0 spiro atoms. The Morgan fingerprint density at radius 3 is 2.30 bits per heavy atom. The van der Waals surface area contributed by atoms with Crippen molar-refractivity contribution in [1.82, 2.24) is 14.5 Å². The average molecular weight is 631 g/mol. The van der Waals surface area contributed by atoms with E-state index in [9.17, 15) is 9.59 Å².